The molecule has 0 saturated heterocycles. The smallest absolute Gasteiger partial charge is 0.351 e. The van der Waals surface area contributed by atoms with Crippen molar-refractivity contribution in [3.05, 3.63) is 43.8 Å². The van der Waals surface area contributed by atoms with E-state index in [1.54, 1.807) is 32.0 Å². The molecule has 0 spiro atoms. The summed E-state index contributed by atoms with van der Waals surface area (Å²) in [6.07, 6.45) is -1.00. The number of ether oxygens (including phenoxy) is 1. The van der Waals surface area contributed by atoms with Crippen LogP contribution in [-0.4, -0.2) is 23.0 Å². The van der Waals surface area contributed by atoms with Crippen molar-refractivity contribution in [1.29, 1.82) is 0 Å². The van der Waals surface area contributed by atoms with Crippen LogP contribution in [0.2, 0.25) is 10.0 Å². The van der Waals surface area contributed by atoms with Crippen LogP contribution in [-0.2, 0) is 9.53 Å². The number of hydrogen-bond acceptors (Lipinski definition) is 5. The van der Waals surface area contributed by atoms with Crippen LogP contribution in [0.15, 0.2) is 18.2 Å². The van der Waals surface area contributed by atoms with Gasteiger partial charge in [0.15, 0.2) is 6.10 Å². The van der Waals surface area contributed by atoms with E-state index in [9.17, 15) is 9.59 Å². The van der Waals surface area contributed by atoms with Crippen molar-refractivity contribution in [3.8, 4) is 0 Å². The molecule has 1 amide bonds. The van der Waals surface area contributed by atoms with Crippen molar-refractivity contribution in [2.75, 3.05) is 5.32 Å². The zero-order chi connectivity index (χ0) is 17.1. The first-order valence-corrected chi connectivity index (χ1v) is 8.26. The van der Waals surface area contributed by atoms with Crippen molar-refractivity contribution < 1.29 is 14.3 Å². The van der Waals surface area contributed by atoms with Crippen molar-refractivity contribution in [2.24, 2.45) is 0 Å². The molecule has 5 nitrogen and oxygen atoms in total. The average molecular weight is 373 g/mol. The number of para-hydroxylation sites is 1. The largest absolute Gasteiger partial charge is 0.448 e. The fourth-order valence-corrected chi connectivity index (χ4v) is 3.13. The van der Waals surface area contributed by atoms with Gasteiger partial charge in [0, 0.05) is 0 Å². The molecule has 0 aliphatic heterocycles. The van der Waals surface area contributed by atoms with Gasteiger partial charge in [-0.05, 0) is 32.9 Å². The Morgan fingerprint density at radius 2 is 1.87 bits per heavy atom. The maximum atomic E-state index is 12.2. The summed E-state index contributed by atoms with van der Waals surface area (Å²) in [5, 5.41) is 3.93. The van der Waals surface area contributed by atoms with Crippen molar-refractivity contribution in [1.82, 2.24) is 4.98 Å². The topological polar surface area (TPSA) is 68.3 Å². The van der Waals surface area contributed by atoms with Gasteiger partial charge in [-0.1, -0.05) is 29.3 Å². The number of aryl methyl sites for hydroxylation is 2. The highest BCUT2D eigenvalue weighted by atomic mass is 35.5. The lowest BCUT2D eigenvalue weighted by Gasteiger charge is -2.14. The Labute approximate surface area is 147 Å². The first kappa shape index (κ1) is 17.7. The van der Waals surface area contributed by atoms with Crippen LogP contribution in [0.25, 0.3) is 0 Å². The van der Waals surface area contributed by atoms with Gasteiger partial charge in [-0.15, -0.1) is 11.3 Å². The van der Waals surface area contributed by atoms with Gasteiger partial charge in [-0.25, -0.2) is 9.78 Å². The number of nitrogens with one attached hydrogen (secondary N) is 1. The molecule has 1 aromatic heterocycles. The molecule has 0 unspecified atom stereocenters. The molecule has 0 fully saturated rings. The number of thiazole rings is 1. The number of benzene rings is 1. The lowest BCUT2D eigenvalue weighted by Crippen LogP contribution is -2.30. The van der Waals surface area contributed by atoms with Gasteiger partial charge >= 0.3 is 5.97 Å². The highest BCUT2D eigenvalue weighted by molar-refractivity contribution is 7.13. The lowest BCUT2D eigenvalue weighted by molar-refractivity contribution is -0.123. The second-order valence-electron chi connectivity index (χ2n) is 4.78. The normalized spacial score (nSPS) is 11.9. The Hall–Kier alpha value is -1.63. The Kier molecular flexibility index (Phi) is 5.62. The molecule has 1 aromatic carbocycles. The number of anilines is 1. The van der Waals surface area contributed by atoms with Gasteiger partial charge < -0.3 is 10.1 Å². The quantitative estimate of drug-likeness (QED) is 0.814. The fraction of sp³-hybridized carbons (Fsp3) is 0.267. The standard InChI is InChI=1S/C15H14Cl2N2O3S/c1-7-13(23-9(3)18-7)15(21)22-8(2)14(20)19-12-10(16)5-4-6-11(12)17/h4-6,8H,1-3H3,(H,19,20)/t8-/m0/s1. The molecule has 1 N–H and O–H groups in total. The molecule has 1 atom stereocenters. The predicted molar refractivity (Wildman–Crippen MR) is 91.6 cm³/mol. The third-order valence-electron chi connectivity index (χ3n) is 2.95. The first-order valence-electron chi connectivity index (χ1n) is 6.69. The van der Waals surface area contributed by atoms with E-state index in [2.05, 4.69) is 10.3 Å². The maximum absolute atomic E-state index is 12.2. The van der Waals surface area contributed by atoms with Crippen LogP contribution in [0.1, 0.15) is 27.3 Å². The van der Waals surface area contributed by atoms with Gasteiger partial charge in [0.25, 0.3) is 5.91 Å². The Bertz CT molecular complexity index is 741. The van der Waals surface area contributed by atoms with Gasteiger partial charge in [-0.3, -0.25) is 4.79 Å². The van der Waals surface area contributed by atoms with Gasteiger partial charge in [-0.2, -0.15) is 0 Å². The summed E-state index contributed by atoms with van der Waals surface area (Å²) in [6.45, 7) is 4.99. The summed E-state index contributed by atoms with van der Waals surface area (Å²) >= 11 is 13.2. The van der Waals surface area contributed by atoms with Gasteiger partial charge in [0.2, 0.25) is 0 Å². The Balaban J connectivity index is 2.06. The van der Waals surface area contributed by atoms with E-state index in [0.29, 0.717) is 20.6 Å². The molecule has 0 bridgehead atoms. The summed E-state index contributed by atoms with van der Waals surface area (Å²) in [7, 11) is 0. The Morgan fingerprint density at radius 3 is 2.39 bits per heavy atom. The molecular formula is C15H14Cl2N2O3S. The molecule has 8 heteroatoms. The summed E-state index contributed by atoms with van der Waals surface area (Å²) in [5.74, 6) is -1.10. The summed E-state index contributed by atoms with van der Waals surface area (Å²) < 4.78 is 5.18. The third-order valence-corrected chi connectivity index (χ3v) is 4.64. The van der Waals surface area contributed by atoms with E-state index in [-0.39, 0.29) is 5.69 Å². The monoisotopic (exact) mass is 372 g/mol. The maximum Gasteiger partial charge on any atom is 0.351 e. The predicted octanol–water partition coefficient (Wildman–Crippen LogP) is 4.25. The number of nitrogens with zero attached hydrogens (tertiary/aromatic N) is 1. The lowest BCUT2D eigenvalue weighted by atomic mass is 10.3. The molecular weight excluding hydrogens is 359 g/mol. The minimum Gasteiger partial charge on any atom is -0.448 e. The van der Waals surface area contributed by atoms with Crippen LogP contribution < -0.4 is 5.32 Å². The molecule has 1 heterocycles. The summed E-state index contributed by atoms with van der Waals surface area (Å²) in [6, 6.07) is 4.87. The Morgan fingerprint density at radius 1 is 1.26 bits per heavy atom. The van der Waals surface area contributed by atoms with Crippen molar-refractivity contribution >= 4 is 52.1 Å². The van der Waals surface area contributed by atoms with Crippen LogP contribution in [0.3, 0.4) is 0 Å². The number of amides is 1. The van der Waals surface area contributed by atoms with E-state index < -0.39 is 18.0 Å². The number of carbonyl (C=O) groups is 2. The van der Waals surface area contributed by atoms with Crippen LogP contribution >= 0.6 is 34.5 Å². The molecule has 0 radical (unpaired) electrons. The van der Waals surface area contributed by atoms with E-state index >= 15 is 0 Å². The minimum absolute atomic E-state index is 0.286. The van der Waals surface area contributed by atoms with Crippen molar-refractivity contribution in [2.45, 2.75) is 26.9 Å². The molecule has 2 rings (SSSR count). The van der Waals surface area contributed by atoms with Gasteiger partial charge in [0.1, 0.15) is 4.88 Å². The van der Waals surface area contributed by atoms with E-state index in [0.717, 1.165) is 5.01 Å². The minimum atomic E-state index is -1.00. The SMILES string of the molecule is Cc1nc(C)c(C(=O)O[C@@H](C)C(=O)Nc2c(Cl)cccc2Cl)s1. The molecule has 0 aliphatic rings. The highest BCUT2D eigenvalue weighted by Gasteiger charge is 2.23. The number of carbonyl (C=O) groups excluding carboxylic acids is 2. The molecule has 0 aliphatic carbocycles. The first-order chi connectivity index (χ1) is 10.8. The number of hydrogen-bond donors (Lipinski definition) is 1. The third kappa shape index (κ3) is 4.22. The zero-order valence-corrected chi connectivity index (χ0v) is 15.0. The molecule has 2 aromatic rings. The van der Waals surface area contributed by atoms with E-state index in [1.807, 2.05) is 0 Å². The second-order valence-corrected chi connectivity index (χ2v) is 6.80. The molecule has 23 heavy (non-hydrogen) atoms. The summed E-state index contributed by atoms with van der Waals surface area (Å²) in [4.78, 5) is 28.8. The second kappa shape index (κ2) is 7.29. The van der Waals surface area contributed by atoms with E-state index in [1.165, 1.54) is 18.3 Å². The summed E-state index contributed by atoms with van der Waals surface area (Å²) in [5.41, 5.74) is 0.868. The number of rotatable bonds is 4. The number of esters is 1. The fourth-order valence-electron chi connectivity index (χ4n) is 1.83. The highest BCUT2D eigenvalue weighted by Crippen LogP contribution is 2.30. The van der Waals surface area contributed by atoms with Crippen LogP contribution in [0, 0.1) is 13.8 Å². The number of halogens is 2. The molecule has 122 valence electrons. The van der Waals surface area contributed by atoms with E-state index in [4.69, 9.17) is 27.9 Å². The van der Waals surface area contributed by atoms with Crippen LogP contribution in [0.4, 0.5) is 5.69 Å². The number of aromatic nitrogens is 1. The van der Waals surface area contributed by atoms with Crippen molar-refractivity contribution in [3.63, 3.8) is 0 Å². The van der Waals surface area contributed by atoms with Crippen LogP contribution in [0.5, 0.6) is 0 Å². The zero-order valence-electron chi connectivity index (χ0n) is 12.6. The average Bonchev–Trinajstić information content (AvgIpc) is 2.81. The molecule has 0 saturated carbocycles. The van der Waals surface area contributed by atoms with Gasteiger partial charge in [0.05, 0.1) is 26.4 Å².